The van der Waals surface area contributed by atoms with Crippen LogP contribution in [0.1, 0.15) is 26.7 Å². The van der Waals surface area contributed by atoms with Crippen LogP contribution in [0.15, 0.2) is 10.3 Å². The molecule has 0 amide bonds. The second-order valence-corrected chi connectivity index (χ2v) is 5.79. The van der Waals surface area contributed by atoms with Gasteiger partial charge in [-0.3, -0.25) is 13.9 Å². The summed E-state index contributed by atoms with van der Waals surface area (Å²) in [7, 11) is 0. The molecule has 7 nitrogen and oxygen atoms in total. The lowest BCUT2D eigenvalue weighted by atomic mass is 10.3. The molecular formula is C9H15N3O4S2. The summed E-state index contributed by atoms with van der Waals surface area (Å²) in [6, 6.07) is 0. The van der Waals surface area contributed by atoms with Gasteiger partial charge in [0.15, 0.2) is 5.16 Å². The predicted molar refractivity (Wildman–Crippen MR) is 66.9 cm³/mol. The average Bonchev–Trinajstić information content (AvgIpc) is 2.69. The Morgan fingerprint density at radius 2 is 2.22 bits per heavy atom. The van der Waals surface area contributed by atoms with Crippen LogP contribution in [0.5, 0.6) is 0 Å². The highest BCUT2D eigenvalue weighted by Gasteiger charge is 2.21. The standard InChI is InChI=1S/C9H15N3O4S2/c1-3-4-5-12-8(17-6(2)7(13)14)10-11-9(12)18(15)16/h6H,3-5H2,1-2H3,(H,13,14)(H,15,16). The highest BCUT2D eigenvalue weighted by Crippen LogP contribution is 2.23. The number of carboxylic acid groups (broad SMARTS) is 1. The molecule has 9 heteroatoms. The molecule has 1 aromatic heterocycles. The summed E-state index contributed by atoms with van der Waals surface area (Å²) in [5, 5.41) is 15.9. The summed E-state index contributed by atoms with van der Waals surface area (Å²) in [5.41, 5.74) is 0. The van der Waals surface area contributed by atoms with Crippen molar-refractivity contribution < 1.29 is 18.7 Å². The number of hydrogen-bond acceptors (Lipinski definition) is 5. The fourth-order valence-corrected chi connectivity index (χ4v) is 2.55. The molecule has 2 N–H and O–H groups in total. The van der Waals surface area contributed by atoms with E-state index in [4.69, 9.17) is 9.66 Å². The number of carbonyl (C=O) groups is 1. The Labute approximate surface area is 111 Å². The van der Waals surface area contributed by atoms with Crippen LogP contribution in [-0.2, 0) is 22.4 Å². The van der Waals surface area contributed by atoms with E-state index < -0.39 is 22.3 Å². The van der Waals surface area contributed by atoms with Crippen LogP contribution >= 0.6 is 11.8 Å². The molecule has 0 aliphatic carbocycles. The van der Waals surface area contributed by atoms with Gasteiger partial charge in [-0.2, -0.15) is 0 Å². The zero-order valence-corrected chi connectivity index (χ0v) is 11.7. The zero-order valence-electron chi connectivity index (χ0n) is 10.1. The average molecular weight is 293 g/mol. The van der Waals surface area contributed by atoms with Crippen molar-refractivity contribution in [1.82, 2.24) is 14.8 Å². The van der Waals surface area contributed by atoms with Crippen LogP contribution in [0.3, 0.4) is 0 Å². The highest BCUT2D eigenvalue weighted by atomic mass is 32.2. The van der Waals surface area contributed by atoms with Gasteiger partial charge in [-0.1, -0.05) is 25.1 Å². The van der Waals surface area contributed by atoms with Gasteiger partial charge in [0.1, 0.15) is 5.25 Å². The molecule has 0 aromatic carbocycles. The lowest BCUT2D eigenvalue weighted by Gasteiger charge is -2.09. The van der Waals surface area contributed by atoms with Crippen molar-refractivity contribution in [2.24, 2.45) is 0 Å². The topological polar surface area (TPSA) is 105 Å². The molecule has 18 heavy (non-hydrogen) atoms. The number of aromatic nitrogens is 3. The lowest BCUT2D eigenvalue weighted by Crippen LogP contribution is -2.14. The number of carboxylic acids is 1. The van der Waals surface area contributed by atoms with E-state index in [9.17, 15) is 9.00 Å². The molecule has 0 spiro atoms. The maximum absolute atomic E-state index is 11.1. The molecule has 0 saturated carbocycles. The van der Waals surface area contributed by atoms with Gasteiger partial charge in [0.25, 0.3) is 0 Å². The van der Waals surface area contributed by atoms with Gasteiger partial charge in [-0.25, -0.2) is 4.21 Å². The van der Waals surface area contributed by atoms with Gasteiger partial charge in [-0.15, -0.1) is 10.2 Å². The molecule has 0 saturated heterocycles. The van der Waals surface area contributed by atoms with E-state index in [0.717, 1.165) is 24.6 Å². The van der Waals surface area contributed by atoms with Crippen LogP contribution in [0, 0.1) is 0 Å². The van der Waals surface area contributed by atoms with Crippen molar-refractivity contribution in [3.63, 3.8) is 0 Å². The van der Waals surface area contributed by atoms with Crippen LogP contribution in [0.25, 0.3) is 0 Å². The van der Waals surface area contributed by atoms with Gasteiger partial charge in [0.2, 0.25) is 16.2 Å². The van der Waals surface area contributed by atoms with E-state index >= 15 is 0 Å². The third-order valence-electron chi connectivity index (χ3n) is 2.20. The fraction of sp³-hybridized carbons (Fsp3) is 0.667. The number of rotatable bonds is 7. The van der Waals surface area contributed by atoms with E-state index in [0.29, 0.717) is 11.7 Å². The molecule has 1 heterocycles. The first-order valence-electron chi connectivity index (χ1n) is 5.40. The number of nitrogens with zero attached hydrogens (tertiary/aromatic N) is 3. The first-order chi connectivity index (χ1) is 8.47. The van der Waals surface area contributed by atoms with Gasteiger partial charge in [0, 0.05) is 6.54 Å². The van der Waals surface area contributed by atoms with E-state index in [2.05, 4.69) is 10.2 Å². The van der Waals surface area contributed by atoms with Crippen LogP contribution in [-0.4, -0.2) is 39.9 Å². The molecule has 102 valence electrons. The third kappa shape index (κ3) is 3.79. The van der Waals surface area contributed by atoms with Crippen molar-refractivity contribution in [3.8, 4) is 0 Å². The number of unbranched alkanes of at least 4 members (excludes halogenated alkanes) is 1. The van der Waals surface area contributed by atoms with Crippen molar-refractivity contribution >= 4 is 28.8 Å². The van der Waals surface area contributed by atoms with Gasteiger partial charge in [0.05, 0.1) is 0 Å². The lowest BCUT2D eigenvalue weighted by molar-refractivity contribution is -0.136. The van der Waals surface area contributed by atoms with E-state index in [1.54, 1.807) is 0 Å². The summed E-state index contributed by atoms with van der Waals surface area (Å²) in [5.74, 6) is -0.961. The van der Waals surface area contributed by atoms with Crippen LogP contribution < -0.4 is 0 Å². The van der Waals surface area contributed by atoms with Gasteiger partial charge < -0.3 is 5.11 Å². The molecule has 2 atom stereocenters. The molecule has 0 radical (unpaired) electrons. The maximum atomic E-state index is 11.1. The summed E-state index contributed by atoms with van der Waals surface area (Å²) >= 11 is -1.21. The Kier molecular flexibility index (Phi) is 5.76. The molecular weight excluding hydrogens is 278 g/mol. The molecule has 1 rings (SSSR count). The Morgan fingerprint density at radius 3 is 2.72 bits per heavy atom. The molecule has 0 aliphatic rings. The largest absolute Gasteiger partial charge is 0.480 e. The van der Waals surface area contributed by atoms with Crippen molar-refractivity contribution in [3.05, 3.63) is 0 Å². The number of aliphatic carboxylic acids is 1. The fourth-order valence-electron chi connectivity index (χ4n) is 1.21. The van der Waals surface area contributed by atoms with E-state index in [-0.39, 0.29) is 5.16 Å². The Balaban J connectivity index is 2.96. The molecule has 2 unspecified atom stereocenters. The summed E-state index contributed by atoms with van der Waals surface area (Å²) in [6.45, 7) is 4.02. The van der Waals surface area contributed by atoms with E-state index in [1.165, 1.54) is 11.5 Å². The monoisotopic (exact) mass is 293 g/mol. The second-order valence-electron chi connectivity index (χ2n) is 3.62. The van der Waals surface area contributed by atoms with Crippen LogP contribution in [0.4, 0.5) is 0 Å². The molecule has 0 fully saturated rings. The Morgan fingerprint density at radius 1 is 1.56 bits per heavy atom. The van der Waals surface area contributed by atoms with E-state index in [1.807, 2.05) is 6.92 Å². The first-order valence-corrected chi connectivity index (χ1v) is 7.39. The highest BCUT2D eigenvalue weighted by molar-refractivity contribution is 8.00. The summed E-state index contributed by atoms with van der Waals surface area (Å²) in [4.78, 5) is 10.8. The Hall–Kier alpha value is -0.930. The quantitative estimate of drug-likeness (QED) is 0.575. The summed E-state index contributed by atoms with van der Waals surface area (Å²) < 4.78 is 21.7. The van der Waals surface area contributed by atoms with Crippen molar-refractivity contribution in [2.45, 2.75) is 48.8 Å². The maximum Gasteiger partial charge on any atom is 0.316 e. The van der Waals surface area contributed by atoms with Crippen molar-refractivity contribution in [2.75, 3.05) is 0 Å². The normalized spacial score (nSPS) is 14.4. The van der Waals surface area contributed by atoms with Gasteiger partial charge in [-0.05, 0) is 13.3 Å². The minimum Gasteiger partial charge on any atom is -0.480 e. The first kappa shape index (κ1) is 15.1. The smallest absolute Gasteiger partial charge is 0.316 e. The predicted octanol–water partition coefficient (Wildman–Crippen LogP) is 1.22. The molecule has 0 aliphatic heterocycles. The zero-order chi connectivity index (χ0) is 13.7. The Bertz CT molecular complexity index is 449. The molecule has 0 bridgehead atoms. The number of hydrogen-bond donors (Lipinski definition) is 2. The van der Waals surface area contributed by atoms with Crippen LogP contribution in [0.2, 0.25) is 0 Å². The van der Waals surface area contributed by atoms with Gasteiger partial charge >= 0.3 is 5.97 Å². The third-order valence-corrected chi connectivity index (χ3v) is 3.89. The SMILES string of the molecule is CCCCn1c(SC(C)C(=O)O)nnc1S(=O)O. The van der Waals surface area contributed by atoms with Crippen molar-refractivity contribution in [1.29, 1.82) is 0 Å². The minimum absolute atomic E-state index is 0.0384. The minimum atomic E-state index is -2.22. The number of thioether (sulfide) groups is 1. The summed E-state index contributed by atoms with van der Waals surface area (Å²) in [6.07, 6.45) is 1.71. The molecule has 1 aromatic rings. The second kappa shape index (κ2) is 6.86.